The Morgan fingerprint density at radius 3 is 2.00 bits per heavy atom. The summed E-state index contributed by atoms with van der Waals surface area (Å²) in [6.07, 6.45) is 6.39. The van der Waals surface area contributed by atoms with Gasteiger partial charge in [0.1, 0.15) is 13.2 Å². The topological polar surface area (TPSA) is 36.9 Å². The van der Waals surface area contributed by atoms with Crippen LogP contribution in [0.15, 0.2) is 12.8 Å². The van der Waals surface area contributed by atoms with Crippen LogP contribution in [-0.4, -0.2) is 46.2 Å². The van der Waals surface area contributed by atoms with Gasteiger partial charge in [-0.3, -0.25) is 0 Å². The molecule has 0 aromatic rings. The van der Waals surface area contributed by atoms with Crippen LogP contribution in [0.4, 0.5) is 0 Å². The van der Waals surface area contributed by atoms with E-state index in [9.17, 15) is 0 Å². The molecule has 0 bridgehead atoms. The summed E-state index contributed by atoms with van der Waals surface area (Å²) in [5.41, 5.74) is 0. The molecule has 0 aromatic heterocycles. The molecule has 4 nitrogen and oxygen atoms in total. The molecule has 0 rings (SSSR count). The Bertz CT molecular complexity index is 174. The maximum atomic E-state index is 5.21. The Labute approximate surface area is 91.2 Å². The summed E-state index contributed by atoms with van der Waals surface area (Å²) in [5, 5.41) is 0. The predicted molar refractivity (Wildman–Crippen MR) is 57.4 cm³/mol. The molecule has 0 N–H and O–H groups in total. The van der Waals surface area contributed by atoms with Crippen molar-refractivity contribution < 1.29 is 18.9 Å². The van der Waals surface area contributed by atoms with Crippen molar-refractivity contribution in [1.82, 2.24) is 0 Å². The molecule has 0 unspecified atom stereocenters. The highest BCUT2D eigenvalue weighted by Crippen LogP contribution is 1.82. The van der Waals surface area contributed by atoms with Gasteiger partial charge in [0.05, 0.1) is 39.3 Å². The molecule has 0 heterocycles. The van der Waals surface area contributed by atoms with Crippen molar-refractivity contribution in [3.05, 3.63) is 12.8 Å². The fourth-order valence-corrected chi connectivity index (χ4v) is 0.761. The molecule has 4 heteroatoms. The van der Waals surface area contributed by atoms with Crippen molar-refractivity contribution in [2.24, 2.45) is 0 Å². The molecule has 86 valence electrons. The quantitative estimate of drug-likeness (QED) is 0.290. The van der Waals surface area contributed by atoms with E-state index in [4.69, 9.17) is 25.4 Å². The molecule has 0 aliphatic carbocycles. The van der Waals surface area contributed by atoms with E-state index >= 15 is 0 Å². The molecule has 0 saturated carbocycles. The third-order valence-electron chi connectivity index (χ3n) is 1.39. The molecule has 0 aliphatic rings. The number of ether oxygens (including phenoxy) is 4. The molecule has 0 amide bonds. The van der Waals surface area contributed by atoms with Crippen LogP contribution in [0.3, 0.4) is 0 Å². The summed E-state index contributed by atoms with van der Waals surface area (Å²) in [6.45, 7) is 6.97. The summed E-state index contributed by atoms with van der Waals surface area (Å²) < 4.78 is 20.3. The number of rotatable bonds is 11. The average Bonchev–Trinajstić information content (AvgIpc) is 2.26. The number of hydrogen-bond acceptors (Lipinski definition) is 4. The van der Waals surface area contributed by atoms with Gasteiger partial charge in [0.15, 0.2) is 0 Å². The fraction of sp³-hybridized carbons (Fsp3) is 0.636. The second-order valence-corrected chi connectivity index (χ2v) is 2.52. The fourth-order valence-electron chi connectivity index (χ4n) is 0.761. The van der Waals surface area contributed by atoms with Gasteiger partial charge in [0.2, 0.25) is 0 Å². The highest BCUT2D eigenvalue weighted by molar-refractivity contribution is 4.82. The van der Waals surface area contributed by atoms with Gasteiger partial charge in [0, 0.05) is 0 Å². The molecule has 0 aromatic carbocycles. The van der Waals surface area contributed by atoms with Gasteiger partial charge in [-0.2, -0.15) is 0 Å². The first-order valence-corrected chi connectivity index (χ1v) is 4.81. The van der Waals surface area contributed by atoms with Gasteiger partial charge in [-0.25, -0.2) is 0 Å². The normalized spacial score (nSPS) is 9.53. The van der Waals surface area contributed by atoms with Crippen molar-refractivity contribution >= 4 is 0 Å². The Kier molecular flexibility index (Phi) is 12.1. The maximum Gasteiger partial charge on any atom is 0.111 e. The summed E-state index contributed by atoms with van der Waals surface area (Å²) in [5.74, 6) is 2.37. The average molecular weight is 214 g/mol. The smallest absolute Gasteiger partial charge is 0.111 e. The highest BCUT2D eigenvalue weighted by atomic mass is 16.6. The van der Waals surface area contributed by atoms with Gasteiger partial charge in [-0.05, 0) is 0 Å². The summed E-state index contributed by atoms with van der Waals surface area (Å²) >= 11 is 0. The Hall–Kier alpha value is -1.02. The second-order valence-electron chi connectivity index (χ2n) is 2.52. The van der Waals surface area contributed by atoms with E-state index in [1.807, 2.05) is 0 Å². The highest BCUT2D eigenvalue weighted by Gasteiger charge is 1.90. The monoisotopic (exact) mass is 214 g/mol. The molecule has 0 radical (unpaired) electrons. The zero-order valence-corrected chi connectivity index (χ0v) is 8.94. The van der Waals surface area contributed by atoms with Crippen LogP contribution in [0.25, 0.3) is 0 Å². The summed E-state index contributed by atoms with van der Waals surface area (Å²) in [7, 11) is 0. The van der Waals surface area contributed by atoms with E-state index in [0.29, 0.717) is 46.2 Å². The van der Waals surface area contributed by atoms with E-state index in [-0.39, 0.29) is 0 Å². The first-order chi connectivity index (χ1) is 7.41. The minimum Gasteiger partial charge on any atom is -0.499 e. The first kappa shape index (κ1) is 14.0. The summed E-state index contributed by atoms with van der Waals surface area (Å²) in [6, 6.07) is 0. The lowest BCUT2D eigenvalue weighted by Gasteiger charge is -2.05. The van der Waals surface area contributed by atoms with E-state index < -0.39 is 0 Å². The molecular formula is C11H18O4. The van der Waals surface area contributed by atoms with Crippen LogP contribution in [0.2, 0.25) is 0 Å². The second kappa shape index (κ2) is 13.0. The molecule has 15 heavy (non-hydrogen) atoms. The number of hydrogen-bond donors (Lipinski definition) is 0. The van der Waals surface area contributed by atoms with E-state index in [1.54, 1.807) is 0 Å². The van der Waals surface area contributed by atoms with Gasteiger partial charge >= 0.3 is 0 Å². The first-order valence-electron chi connectivity index (χ1n) is 4.81. The van der Waals surface area contributed by atoms with Crippen molar-refractivity contribution in [2.45, 2.75) is 0 Å². The Morgan fingerprint density at radius 1 is 0.933 bits per heavy atom. The van der Waals surface area contributed by atoms with E-state index in [1.165, 1.54) is 6.26 Å². The molecule has 0 spiro atoms. The summed E-state index contributed by atoms with van der Waals surface area (Å²) in [4.78, 5) is 0. The number of terminal acetylenes is 1. The van der Waals surface area contributed by atoms with Gasteiger partial charge in [0.25, 0.3) is 0 Å². The Balaban J connectivity index is 2.87. The van der Waals surface area contributed by atoms with Crippen molar-refractivity contribution in [3.63, 3.8) is 0 Å². The van der Waals surface area contributed by atoms with Crippen molar-refractivity contribution in [1.29, 1.82) is 0 Å². The van der Waals surface area contributed by atoms with Gasteiger partial charge in [-0.1, -0.05) is 12.5 Å². The van der Waals surface area contributed by atoms with Crippen LogP contribution >= 0.6 is 0 Å². The van der Waals surface area contributed by atoms with Gasteiger partial charge < -0.3 is 18.9 Å². The van der Waals surface area contributed by atoms with E-state index in [0.717, 1.165) is 0 Å². The van der Waals surface area contributed by atoms with Crippen LogP contribution in [0.1, 0.15) is 0 Å². The minimum atomic E-state index is 0.332. The van der Waals surface area contributed by atoms with Crippen molar-refractivity contribution in [3.8, 4) is 12.3 Å². The third-order valence-corrected chi connectivity index (χ3v) is 1.39. The molecule has 0 saturated heterocycles. The predicted octanol–water partition coefficient (Wildman–Crippen LogP) is 0.829. The Morgan fingerprint density at radius 2 is 1.47 bits per heavy atom. The SMILES string of the molecule is C#CCOCCOCCOCCOC=C. The van der Waals surface area contributed by atoms with Crippen molar-refractivity contribution in [2.75, 3.05) is 46.2 Å². The lowest BCUT2D eigenvalue weighted by Crippen LogP contribution is -2.11. The third kappa shape index (κ3) is 13.0. The van der Waals surface area contributed by atoms with Gasteiger partial charge in [-0.15, -0.1) is 6.42 Å². The maximum absolute atomic E-state index is 5.21. The van der Waals surface area contributed by atoms with Crippen LogP contribution in [-0.2, 0) is 18.9 Å². The lowest BCUT2D eigenvalue weighted by molar-refractivity contribution is 0.0110. The zero-order valence-electron chi connectivity index (χ0n) is 8.94. The van der Waals surface area contributed by atoms with Crippen LogP contribution in [0, 0.1) is 12.3 Å². The zero-order chi connectivity index (χ0) is 11.2. The van der Waals surface area contributed by atoms with E-state index in [2.05, 4.69) is 12.5 Å². The molecule has 0 aliphatic heterocycles. The molecular weight excluding hydrogens is 196 g/mol. The minimum absolute atomic E-state index is 0.332. The lowest BCUT2D eigenvalue weighted by atomic mass is 10.7. The molecule has 0 fully saturated rings. The standard InChI is InChI=1S/C11H18O4/c1-3-5-13-8-9-15-11-10-14-7-6-12-4-2/h1,4H,2,5-11H2. The van der Waals surface area contributed by atoms with Crippen LogP contribution in [0.5, 0.6) is 0 Å². The molecule has 0 atom stereocenters. The van der Waals surface area contributed by atoms with Crippen LogP contribution < -0.4 is 0 Å². The largest absolute Gasteiger partial charge is 0.499 e.